The lowest BCUT2D eigenvalue weighted by molar-refractivity contribution is 0.125. The van der Waals surface area contributed by atoms with Crippen LogP contribution in [0.25, 0.3) is 11.3 Å². The molecule has 0 atom stereocenters. The van der Waals surface area contributed by atoms with Gasteiger partial charge in [-0.2, -0.15) is 0 Å². The lowest BCUT2D eigenvalue weighted by atomic mass is 10.1. The molecule has 1 aromatic carbocycles. The Morgan fingerprint density at radius 1 is 1.29 bits per heavy atom. The molecule has 3 rings (SSSR count). The normalized spacial score (nSPS) is 15.4. The van der Waals surface area contributed by atoms with Crippen LogP contribution in [-0.2, 0) is 6.54 Å². The summed E-state index contributed by atoms with van der Waals surface area (Å²) in [5.74, 6) is 0.950. The topological polar surface area (TPSA) is 41.3 Å². The molecule has 1 aliphatic heterocycles. The van der Waals surface area contributed by atoms with Gasteiger partial charge in [-0.25, -0.2) is 0 Å². The third kappa shape index (κ3) is 3.34. The SMILES string of the molecule is CCCN(Cc1cc(-c2ccc(C)cc2)no1)C1CNC1. The van der Waals surface area contributed by atoms with Crippen molar-refractivity contribution in [3.05, 3.63) is 41.7 Å². The standard InChI is InChI=1S/C17H23N3O/c1-3-8-20(15-10-18-11-15)12-16-9-17(19-21-16)14-6-4-13(2)5-7-14/h4-7,9,15,18H,3,8,10-12H2,1-2H3. The maximum atomic E-state index is 5.53. The average Bonchev–Trinajstić information content (AvgIpc) is 2.86. The minimum atomic E-state index is 0.637. The van der Waals surface area contributed by atoms with Crippen LogP contribution in [0.4, 0.5) is 0 Å². The highest BCUT2D eigenvalue weighted by Crippen LogP contribution is 2.21. The van der Waals surface area contributed by atoms with E-state index in [1.807, 2.05) is 0 Å². The highest BCUT2D eigenvalue weighted by molar-refractivity contribution is 5.59. The van der Waals surface area contributed by atoms with E-state index < -0.39 is 0 Å². The van der Waals surface area contributed by atoms with Gasteiger partial charge in [-0.15, -0.1) is 0 Å². The molecule has 0 aliphatic carbocycles. The molecule has 0 bridgehead atoms. The van der Waals surface area contributed by atoms with Crippen molar-refractivity contribution >= 4 is 0 Å². The predicted octanol–water partition coefficient (Wildman–Crippen LogP) is 2.83. The molecule has 0 saturated carbocycles. The third-order valence-electron chi connectivity index (χ3n) is 4.05. The van der Waals surface area contributed by atoms with E-state index in [4.69, 9.17) is 4.52 Å². The van der Waals surface area contributed by atoms with Gasteiger partial charge in [0.15, 0.2) is 5.76 Å². The molecule has 0 amide bonds. The molecule has 0 radical (unpaired) electrons. The van der Waals surface area contributed by atoms with Crippen LogP contribution >= 0.6 is 0 Å². The first-order valence-corrected chi connectivity index (χ1v) is 7.73. The van der Waals surface area contributed by atoms with Crippen LogP contribution in [0.3, 0.4) is 0 Å². The van der Waals surface area contributed by atoms with Crippen molar-refractivity contribution in [3.8, 4) is 11.3 Å². The molecule has 0 spiro atoms. The summed E-state index contributed by atoms with van der Waals surface area (Å²) in [6.07, 6.45) is 1.16. The van der Waals surface area contributed by atoms with Gasteiger partial charge in [0.25, 0.3) is 0 Å². The van der Waals surface area contributed by atoms with E-state index in [-0.39, 0.29) is 0 Å². The molecule has 1 aliphatic rings. The molecule has 21 heavy (non-hydrogen) atoms. The molecule has 4 heteroatoms. The van der Waals surface area contributed by atoms with Crippen molar-refractivity contribution in [1.29, 1.82) is 0 Å². The largest absolute Gasteiger partial charge is 0.359 e. The zero-order chi connectivity index (χ0) is 14.7. The first-order chi connectivity index (χ1) is 10.3. The smallest absolute Gasteiger partial charge is 0.151 e. The molecule has 1 N–H and O–H groups in total. The van der Waals surface area contributed by atoms with E-state index in [2.05, 4.69) is 59.6 Å². The molecule has 2 aromatic rings. The first kappa shape index (κ1) is 14.3. The van der Waals surface area contributed by atoms with Gasteiger partial charge in [-0.05, 0) is 19.9 Å². The number of nitrogens with zero attached hydrogens (tertiary/aromatic N) is 2. The van der Waals surface area contributed by atoms with E-state index in [1.165, 1.54) is 5.56 Å². The number of benzene rings is 1. The number of rotatable bonds is 6. The van der Waals surface area contributed by atoms with E-state index in [1.54, 1.807) is 0 Å². The summed E-state index contributed by atoms with van der Waals surface area (Å²) in [5.41, 5.74) is 3.30. The lowest BCUT2D eigenvalue weighted by Gasteiger charge is -2.37. The molecular weight excluding hydrogens is 262 g/mol. The molecule has 1 fully saturated rings. The fourth-order valence-corrected chi connectivity index (χ4v) is 2.66. The summed E-state index contributed by atoms with van der Waals surface area (Å²) < 4.78 is 5.53. The molecule has 1 saturated heterocycles. The van der Waals surface area contributed by atoms with E-state index in [9.17, 15) is 0 Å². The Labute approximate surface area is 126 Å². The molecule has 4 nitrogen and oxygen atoms in total. The van der Waals surface area contributed by atoms with E-state index in [0.29, 0.717) is 6.04 Å². The van der Waals surface area contributed by atoms with E-state index >= 15 is 0 Å². The Bertz CT molecular complexity index is 572. The minimum Gasteiger partial charge on any atom is -0.359 e. The number of aromatic nitrogens is 1. The molecule has 2 heterocycles. The highest BCUT2D eigenvalue weighted by atomic mass is 16.5. The van der Waals surface area contributed by atoms with Gasteiger partial charge in [0.2, 0.25) is 0 Å². The maximum absolute atomic E-state index is 5.53. The van der Waals surface area contributed by atoms with Crippen LogP contribution in [-0.4, -0.2) is 35.7 Å². The summed E-state index contributed by atoms with van der Waals surface area (Å²) in [6, 6.07) is 11.1. The molecule has 1 aromatic heterocycles. The van der Waals surface area contributed by atoms with Crippen LogP contribution in [0, 0.1) is 6.92 Å². The van der Waals surface area contributed by atoms with Gasteiger partial charge in [-0.1, -0.05) is 41.9 Å². The van der Waals surface area contributed by atoms with Gasteiger partial charge < -0.3 is 9.84 Å². The summed E-state index contributed by atoms with van der Waals surface area (Å²) in [5, 5.41) is 7.55. The zero-order valence-corrected chi connectivity index (χ0v) is 12.8. The van der Waals surface area contributed by atoms with E-state index in [0.717, 1.165) is 49.6 Å². The Morgan fingerprint density at radius 3 is 2.67 bits per heavy atom. The minimum absolute atomic E-state index is 0.637. The quantitative estimate of drug-likeness (QED) is 0.886. The summed E-state index contributed by atoms with van der Waals surface area (Å²) >= 11 is 0. The number of hydrogen-bond acceptors (Lipinski definition) is 4. The van der Waals surface area contributed by atoms with Crippen molar-refractivity contribution < 1.29 is 4.52 Å². The Balaban J connectivity index is 1.70. The van der Waals surface area contributed by atoms with Crippen LogP contribution in [0.15, 0.2) is 34.9 Å². The second kappa shape index (κ2) is 6.41. The highest BCUT2D eigenvalue weighted by Gasteiger charge is 2.25. The average molecular weight is 285 g/mol. The van der Waals surface area contributed by atoms with Crippen molar-refractivity contribution in [3.63, 3.8) is 0 Å². The summed E-state index contributed by atoms with van der Waals surface area (Å²) in [6.45, 7) is 8.42. The van der Waals surface area contributed by atoms with Gasteiger partial charge in [0, 0.05) is 30.8 Å². The fraction of sp³-hybridized carbons (Fsp3) is 0.471. The van der Waals surface area contributed by atoms with Gasteiger partial charge in [-0.3, -0.25) is 4.90 Å². The Hall–Kier alpha value is -1.65. The van der Waals surface area contributed by atoms with Crippen LogP contribution < -0.4 is 5.32 Å². The maximum Gasteiger partial charge on any atom is 0.151 e. The lowest BCUT2D eigenvalue weighted by Crippen LogP contribution is -2.56. The molecule has 112 valence electrons. The predicted molar refractivity (Wildman–Crippen MR) is 84.0 cm³/mol. The zero-order valence-electron chi connectivity index (χ0n) is 12.8. The summed E-state index contributed by atoms with van der Waals surface area (Å²) in [4.78, 5) is 2.48. The van der Waals surface area contributed by atoms with Crippen molar-refractivity contribution in [1.82, 2.24) is 15.4 Å². The third-order valence-corrected chi connectivity index (χ3v) is 4.05. The first-order valence-electron chi connectivity index (χ1n) is 7.73. The Kier molecular flexibility index (Phi) is 4.36. The second-order valence-corrected chi connectivity index (χ2v) is 5.83. The van der Waals surface area contributed by atoms with Crippen LogP contribution in [0.5, 0.6) is 0 Å². The fourth-order valence-electron chi connectivity index (χ4n) is 2.66. The number of aryl methyl sites for hydroxylation is 1. The van der Waals surface area contributed by atoms with Gasteiger partial charge in [0.1, 0.15) is 5.69 Å². The number of nitrogens with one attached hydrogen (secondary N) is 1. The van der Waals surface area contributed by atoms with Gasteiger partial charge >= 0.3 is 0 Å². The second-order valence-electron chi connectivity index (χ2n) is 5.83. The van der Waals surface area contributed by atoms with Crippen molar-refractivity contribution in [2.75, 3.05) is 19.6 Å². The van der Waals surface area contributed by atoms with Crippen molar-refractivity contribution in [2.24, 2.45) is 0 Å². The number of hydrogen-bond donors (Lipinski definition) is 1. The van der Waals surface area contributed by atoms with Gasteiger partial charge in [0.05, 0.1) is 6.54 Å². The molecule has 0 unspecified atom stereocenters. The van der Waals surface area contributed by atoms with Crippen LogP contribution in [0.2, 0.25) is 0 Å². The van der Waals surface area contributed by atoms with Crippen LogP contribution in [0.1, 0.15) is 24.7 Å². The monoisotopic (exact) mass is 285 g/mol. The molecular formula is C17H23N3O. The summed E-state index contributed by atoms with van der Waals surface area (Å²) in [7, 11) is 0. The Morgan fingerprint density at radius 2 is 2.05 bits per heavy atom. The van der Waals surface area contributed by atoms with Crippen molar-refractivity contribution in [2.45, 2.75) is 32.9 Å².